The molecule has 0 aromatic heterocycles. The van der Waals surface area contributed by atoms with E-state index in [1.807, 2.05) is 48.5 Å². The van der Waals surface area contributed by atoms with Crippen LogP contribution in [0.25, 0.3) is 0 Å². The van der Waals surface area contributed by atoms with Crippen LogP contribution in [0.1, 0.15) is 30.0 Å². The number of carbonyl (C=O) groups is 2. The molecule has 0 unspecified atom stereocenters. The maximum atomic E-state index is 12.9. The zero-order valence-corrected chi connectivity index (χ0v) is 16.6. The molecule has 2 amide bonds. The largest absolute Gasteiger partial charge is 0.497 e. The van der Waals surface area contributed by atoms with Crippen LogP contribution in [-0.2, 0) is 4.79 Å². The number of nitrogens with one attached hydrogen (secondary N) is 1. The van der Waals surface area contributed by atoms with E-state index in [4.69, 9.17) is 14.6 Å². The van der Waals surface area contributed by atoms with E-state index in [2.05, 4.69) is 5.32 Å². The first-order chi connectivity index (χ1) is 14.0. The number of methoxy groups -OCH3 is 2. The van der Waals surface area contributed by atoms with E-state index in [1.54, 1.807) is 19.1 Å². The molecule has 1 fully saturated rings. The fourth-order valence-corrected chi connectivity index (χ4v) is 3.55. The molecule has 2 aromatic carbocycles. The number of carboxylic acid groups (broad SMARTS) is 1. The molecule has 154 valence electrons. The predicted octanol–water partition coefficient (Wildman–Crippen LogP) is 3.30. The summed E-state index contributed by atoms with van der Waals surface area (Å²) in [5.74, 6) is 0.223. The van der Waals surface area contributed by atoms with Crippen molar-refractivity contribution in [1.82, 2.24) is 10.2 Å². The lowest BCUT2D eigenvalue weighted by atomic mass is 9.96. The van der Waals surface area contributed by atoms with E-state index < -0.39 is 12.0 Å². The SMILES string of the molecule is COc1cccc(C(NC(=O)N2CCC(C(=O)O)CC2)c2cccc(OC)c2)c1. The topological polar surface area (TPSA) is 88.1 Å². The lowest BCUT2D eigenvalue weighted by molar-refractivity contribution is -0.143. The molecule has 2 aromatic rings. The molecule has 3 rings (SSSR count). The maximum Gasteiger partial charge on any atom is 0.318 e. The van der Waals surface area contributed by atoms with Crippen molar-refractivity contribution in [3.63, 3.8) is 0 Å². The van der Waals surface area contributed by atoms with Crippen molar-refractivity contribution in [2.75, 3.05) is 27.3 Å². The van der Waals surface area contributed by atoms with Crippen LogP contribution in [0.5, 0.6) is 11.5 Å². The number of piperidine rings is 1. The van der Waals surface area contributed by atoms with Crippen LogP contribution in [0.4, 0.5) is 4.79 Å². The number of nitrogens with zero attached hydrogens (tertiary/aromatic N) is 1. The molecule has 1 aliphatic rings. The summed E-state index contributed by atoms with van der Waals surface area (Å²) >= 11 is 0. The zero-order chi connectivity index (χ0) is 20.8. The van der Waals surface area contributed by atoms with Gasteiger partial charge in [-0.1, -0.05) is 24.3 Å². The van der Waals surface area contributed by atoms with Gasteiger partial charge in [-0.2, -0.15) is 0 Å². The summed E-state index contributed by atoms with van der Waals surface area (Å²) in [6.07, 6.45) is 0.928. The molecular formula is C22H26N2O5. The number of rotatable bonds is 6. The number of likely N-dealkylation sites (tertiary alicyclic amines) is 1. The Morgan fingerprint density at radius 2 is 1.52 bits per heavy atom. The molecule has 0 aliphatic carbocycles. The maximum absolute atomic E-state index is 12.9. The van der Waals surface area contributed by atoms with E-state index in [-0.39, 0.29) is 11.9 Å². The Bertz CT molecular complexity index is 814. The first-order valence-corrected chi connectivity index (χ1v) is 9.58. The Morgan fingerprint density at radius 1 is 1.00 bits per heavy atom. The first-order valence-electron chi connectivity index (χ1n) is 9.58. The number of hydrogen-bond acceptors (Lipinski definition) is 4. The monoisotopic (exact) mass is 398 g/mol. The average Bonchev–Trinajstić information content (AvgIpc) is 2.77. The number of aliphatic carboxylic acids is 1. The molecule has 1 heterocycles. The number of amides is 2. The normalized spacial score (nSPS) is 14.5. The Morgan fingerprint density at radius 3 is 1.97 bits per heavy atom. The average molecular weight is 398 g/mol. The molecule has 0 radical (unpaired) electrons. The van der Waals surface area contributed by atoms with Crippen molar-refractivity contribution < 1.29 is 24.2 Å². The Hall–Kier alpha value is -3.22. The summed E-state index contributed by atoms with van der Waals surface area (Å²) < 4.78 is 10.7. The highest BCUT2D eigenvalue weighted by atomic mass is 16.5. The number of carboxylic acids is 1. The quantitative estimate of drug-likeness (QED) is 0.780. The standard InChI is InChI=1S/C22H26N2O5/c1-28-18-7-3-5-16(13-18)20(17-6-4-8-19(14-17)29-2)23-22(27)24-11-9-15(10-12-24)21(25)26/h3-8,13-15,20H,9-12H2,1-2H3,(H,23,27)(H,25,26). The minimum Gasteiger partial charge on any atom is -0.497 e. The van der Waals surface area contributed by atoms with Gasteiger partial charge < -0.3 is 24.8 Å². The number of urea groups is 1. The zero-order valence-electron chi connectivity index (χ0n) is 16.6. The highest BCUT2D eigenvalue weighted by Gasteiger charge is 2.28. The molecule has 0 saturated carbocycles. The van der Waals surface area contributed by atoms with Crippen molar-refractivity contribution in [3.05, 3.63) is 59.7 Å². The lowest BCUT2D eigenvalue weighted by Gasteiger charge is -2.32. The van der Waals surface area contributed by atoms with Crippen molar-refractivity contribution >= 4 is 12.0 Å². The molecule has 7 heteroatoms. The fraction of sp³-hybridized carbons (Fsp3) is 0.364. The van der Waals surface area contributed by atoms with Crippen molar-refractivity contribution in [2.24, 2.45) is 5.92 Å². The van der Waals surface area contributed by atoms with Crippen LogP contribution in [0.15, 0.2) is 48.5 Å². The number of hydrogen-bond donors (Lipinski definition) is 2. The summed E-state index contributed by atoms with van der Waals surface area (Å²) in [6.45, 7) is 0.845. The van der Waals surface area contributed by atoms with Crippen molar-refractivity contribution in [1.29, 1.82) is 0 Å². The van der Waals surface area contributed by atoms with Gasteiger partial charge >= 0.3 is 12.0 Å². The van der Waals surface area contributed by atoms with Crippen LogP contribution in [0.2, 0.25) is 0 Å². The Labute approximate surface area is 170 Å². The second-order valence-electron chi connectivity index (χ2n) is 7.04. The molecule has 0 bridgehead atoms. The first kappa shape index (κ1) is 20.5. The summed E-state index contributed by atoms with van der Waals surface area (Å²) in [4.78, 5) is 25.8. The minimum absolute atomic E-state index is 0.218. The summed E-state index contributed by atoms with van der Waals surface area (Å²) in [6, 6.07) is 14.5. The van der Waals surface area contributed by atoms with Crippen LogP contribution in [0, 0.1) is 5.92 Å². The van der Waals surface area contributed by atoms with Gasteiger partial charge in [-0.25, -0.2) is 4.79 Å². The number of benzene rings is 2. The molecular weight excluding hydrogens is 372 g/mol. The highest BCUT2D eigenvalue weighted by molar-refractivity contribution is 5.76. The lowest BCUT2D eigenvalue weighted by Crippen LogP contribution is -2.46. The van der Waals surface area contributed by atoms with Gasteiger partial charge in [0.2, 0.25) is 0 Å². The third kappa shape index (κ3) is 4.99. The molecule has 29 heavy (non-hydrogen) atoms. The van der Waals surface area contributed by atoms with E-state index in [1.165, 1.54) is 0 Å². The molecule has 0 atom stereocenters. The predicted molar refractivity (Wildman–Crippen MR) is 108 cm³/mol. The van der Waals surface area contributed by atoms with Crippen LogP contribution in [0.3, 0.4) is 0 Å². The van der Waals surface area contributed by atoms with Gasteiger partial charge in [0, 0.05) is 13.1 Å². The minimum atomic E-state index is -0.796. The van der Waals surface area contributed by atoms with Gasteiger partial charge in [-0.05, 0) is 48.2 Å². The molecule has 0 spiro atoms. The van der Waals surface area contributed by atoms with E-state index in [0.29, 0.717) is 37.4 Å². The van der Waals surface area contributed by atoms with Crippen LogP contribution in [-0.4, -0.2) is 49.3 Å². The van der Waals surface area contributed by atoms with Gasteiger partial charge in [-0.3, -0.25) is 4.79 Å². The van der Waals surface area contributed by atoms with E-state index in [0.717, 1.165) is 11.1 Å². The second kappa shape index (κ2) is 9.32. The van der Waals surface area contributed by atoms with Gasteiger partial charge in [0.15, 0.2) is 0 Å². The molecule has 1 aliphatic heterocycles. The molecule has 1 saturated heterocycles. The van der Waals surface area contributed by atoms with Crippen LogP contribution >= 0.6 is 0 Å². The van der Waals surface area contributed by atoms with E-state index in [9.17, 15) is 9.59 Å². The fourth-order valence-electron chi connectivity index (χ4n) is 3.55. The van der Waals surface area contributed by atoms with E-state index >= 15 is 0 Å². The molecule has 2 N–H and O–H groups in total. The Balaban J connectivity index is 1.83. The Kier molecular flexibility index (Phi) is 6.59. The van der Waals surface area contributed by atoms with Gasteiger partial charge in [-0.15, -0.1) is 0 Å². The van der Waals surface area contributed by atoms with Crippen molar-refractivity contribution in [2.45, 2.75) is 18.9 Å². The van der Waals surface area contributed by atoms with Gasteiger partial charge in [0.25, 0.3) is 0 Å². The summed E-state index contributed by atoms with van der Waals surface area (Å²) in [5, 5.41) is 12.3. The van der Waals surface area contributed by atoms with Gasteiger partial charge in [0.1, 0.15) is 11.5 Å². The summed E-state index contributed by atoms with van der Waals surface area (Å²) in [5.41, 5.74) is 1.76. The third-order valence-corrected chi connectivity index (χ3v) is 5.25. The highest BCUT2D eigenvalue weighted by Crippen LogP contribution is 2.28. The number of ether oxygens (including phenoxy) is 2. The molecule has 7 nitrogen and oxygen atoms in total. The third-order valence-electron chi connectivity index (χ3n) is 5.25. The second-order valence-corrected chi connectivity index (χ2v) is 7.04. The van der Waals surface area contributed by atoms with Gasteiger partial charge in [0.05, 0.1) is 26.2 Å². The van der Waals surface area contributed by atoms with Crippen molar-refractivity contribution in [3.8, 4) is 11.5 Å². The smallest absolute Gasteiger partial charge is 0.318 e. The number of carbonyl (C=O) groups excluding carboxylic acids is 1. The summed E-state index contributed by atoms with van der Waals surface area (Å²) in [7, 11) is 3.20. The van der Waals surface area contributed by atoms with Crippen LogP contribution < -0.4 is 14.8 Å².